The number of benzene rings is 1. The Hall–Kier alpha value is -1.56. The van der Waals surface area contributed by atoms with Crippen LogP contribution in [0.5, 0.6) is 11.5 Å². The molecule has 5 nitrogen and oxygen atoms in total. The van der Waals surface area contributed by atoms with E-state index < -0.39 is 0 Å². The molecule has 22 heavy (non-hydrogen) atoms. The molecule has 1 aromatic rings. The van der Waals surface area contributed by atoms with E-state index in [0.29, 0.717) is 17.6 Å². The Kier molecular flexibility index (Phi) is 3.56. The normalized spacial score (nSPS) is 28.5. The zero-order chi connectivity index (χ0) is 15.1. The highest BCUT2D eigenvalue weighted by Crippen LogP contribution is 2.55. The molecule has 1 aromatic carbocycles. The van der Waals surface area contributed by atoms with Crippen LogP contribution >= 0.6 is 15.9 Å². The average molecular weight is 365 g/mol. The summed E-state index contributed by atoms with van der Waals surface area (Å²) in [6.45, 7) is 0.240. The van der Waals surface area contributed by atoms with Gasteiger partial charge in [0, 0.05) is 16.0 Å². The second-order valence-electron chi connectivity index (χ2n) is 6.10. The van der Waals surface area contributed by atoms with Gasteiger partial charge < -0.3 is 9.47 Å². The Balaban J connectivity index is 1.39. The lowest BCUT2D eigenvalue weighted by molar-refractivity contribution is -0.122. The van der Waals surface area contributed by atoms with Gasteiger partial charge in [-0.15, -0.1) is 0 Å². The van der Waals surface area contributed by atoms with Crippen LogP contribution in [-0.2, 0) is 4.79 Å². The molecule has 2 aliphatic carbocycles. The fourth-order valence-corrected chi connectivity index (χ4v) is 4.08. The van der Waals surface area contributed by atoms with E-state index >= 15 is 0 Å². The number of amides is 1. The van der Waals surface area contributed by atoms with E-state index in [1.807, 2.05) is 12.1 Å². The maximum Gasteiger partial charge on any atom is 0.243 e. The first-order valence-corrected chi connectivity index (χ1v) is 8.45. The summed E-state index contributed by atoms with van der Waals surface area (Å²) in [7, 11) is 0. The van der Waals surface area contributed by atoms with Gasteiger partial charge in [-0.25, -0.2) is 5.43 Å². The summed E-state index contributed by atoms with van der Waals surface area (Å²) in [4.78, 5) is 12.2. The Morgan fingerprint density at radius 2 is 1.91 bits per heavy atom. The summed E-state index contributed by atoms with van der Waals surface area (Å²) >= 11 is 3.47. The zero-order valence-electron chi connectivity index (χ0n) is 12.0. The van der Waals surface area contributed by atoms with Crippen molar-refractivity contribution >= 4 is 28.1 Å². The van der Waals surface area contributed by atoms with Crippen molar-refractivity contribution in [3.8, 4) is 11.5 Å². The van der Waals surface area contributed by atoms with Crippen molar-refractivity contribution in [1.82, 2.24) is 5.43 Å². The Labute approximate surface area is 137 Å². The van der Waals surface area contributed by atoms with E-state index in [4.69, 9.17) is 9.47 Å². The number of fused-ring (bicyclic) bond motifs is 2. The van der Waals surface area contributed by atoms with E-state index in [1.54, 1.807) is 6.21 Å². The maximum absolute atomic E-state index is 12.2. The van der Waals surface area contributed by atoms with Crippen molar-refractivity contribution in [3.63, 3.8) is 0 Å². The van der Waals surface area contributed by atoms with Crippen LogP contribution < -0.4 is 14.9 Å². The topological polar surface area (TPSA) is 59.9 Å². The van der Waals surface area contributed by atoms with Crippen molar-refractivity contribution in [1.29, 1.82) is 0 Å². The lowest BCUT2D eigenvalue weighted by atomic mass is 10.0. The third-order valence-corrected chi connectivity index (χ3v) is 5.52. The number of nitrogens with zero attached hydrogens (tertiary/aromatic N) is 1. The highest BCUT2D eigenvalue weighted by molar-refractivity contribution is 9.10. The van der Waals surface area contributed by atoms with Crippen LogP contribution in [0.4, 0.5) is 0 Å². The Bertz CT molecular complexity index is 635. The highest BCUT2D eigenvalue weighted by atomic mass is 79.9. The van der Waals surface area contributed by atoms with Crippen LogP contribution in [0.2, 0.25) is 0 Å². The van der Waals surface area contributed by atoms with Crippen LogP contribution in [0.1, 0.15) is 31.2 Å². The first-order valence-electron chi connectivity index (χ1n) is 7.66. The van der Waals surface area contributed by atoms with Gasteiger partial charge in [0.05, 0.1) is 6.21 Å². The zero-order valence-corrected chi connectivity index (χ0v) is 13.6. The monoisotopic (exact) mass is 364 g/mol. The standard InChI is InChI=1S/C16H17BrN2O3/c17-12-6-14-13(21-8-22-14)5-9(12)7-18-19-16(20)15-10-3-1-2-4-11(10)15/h5-7,10-11,15H,1-4,8H2,(H,19,20). The summed E-state index contributed by atoms with van der Waals surface area (Å²) in [5, 5.41) is 4.10. The number of hydrogen-bond donors (Lipinski definition) is 1. The molecule has 0 radical (unpaired) electrons. The fourth-order valence-electron chi connectivity index (χ4n) is 3.65. The number of nitrogens with one attached hydrogen (secondary N) is 1. The molecule has 3 aliphatic rings. The molecule has 4 rings (SSSR count). The van der Waals surface area contributed by atoms with Gasteiger partial charge in [0.15, 0.2) is 11.5 Å². The van der Waals surface area contributed by atoms with Crippen LogP contribution in [0.15, 0.2) is 21.7 Å². The van der Waals surface area contributed by atoms with Crippen molar-refractivity contribution in [2.45, 2.75) is 25.7 Å². The van der Waals surface area contributed by atoms with E-state index in [-0.39, 0.29) is 18.6 Å². The third kappa shape index (κ3) is 2.49. The molecule has 2 fully saturated rings. The van der Waals surface area contributed by atoms with Gasteiger partial charge in [-0.2, -0.15) is 5.10 Å². The molecule has 1 heterocycles. The molecule has 0 aromatic heterocycles. The molecule has 1 aliphatic heterocycles. The van der Waals surface area contributed by atoms with Crippen LogP contribution in [0, 0.1) is 17.8 Å². The second-order valence-corrected chi connectivity index (χ2v) is 6.95. The molecule has 1 amide bonds. The average Bonchev–Trinajstić information content (AvgIpc) is 3.09. The molecule has 2 unspecified atom stereocenters. The predicted molar refractivity (Wildman–Crippen MR) is 84.9 cm³/mol. The molecule has 0 spiro atoms. The molecular weight excluding hydrogens is 348 g/mol. The number of carbonyl (C=O) groups is 1. The number of hydrazone groups is 1. The summed E-state index contributed by atoms with van der Waals surface area (Å²) in [6.07, 6.45) is 6.55. The van der Waals surface area contributed by atoms with Crippen LogP contribution in [0.3, 0.4) is 0 Å². The van der Waals surface area contributed by atoms with Crippen molar-refractivity contribution in [2.75, 3.05) is 6.79 Å². The Morgan fingerprint density at radius 3 is 2.64 bits per heavy atom. The molecule has 2 saturated carbocycles. The Morgan fingerprint density at radius 1 is 1.23 bits per heavy atom. The lowest BCUT2D eigenvalue weighted by Gasteiger charge is -2.04. The second kappa shape index (κ2) is 5.57. The molecule has 1 N–H and O–H groups in total. The van der Waals surface area contributed by atoms with Gasteiger partial charge in [0.1, 0.15) is 0 Å². The first-order chi connectivity index (χ1) is 10.7. The van der Waals surface area contributed by atoms with Crippen LogP contribution in [0.25, 0.3) is 0 Å². The highest BCUT2D eigenvalue weighted by Gasteiger charge is 2.54. The molecular formula is C16H17BrN2O3. The van der Waals surface area contributed by atoms with Crippen molar-refractivity contribution in [3.05, 3.63) is 22.2 Å². The number of ether oxygens (including phenoxy) is 2. The van der Waals surface area contributed by atoms with Crippen LogP contribution in [-0.4, -0.2) is 18.9 Å². The minimum absolute atomic E-state index is 0.0602. The van der Waals surface area contributed by atoms with E-state index in [0.717, 1.165) is 15.8 Å². The van der Waals surface area contributed by atoms with Crippen molar-refractivity contribution in [2.24, 2.45) is 22.9 Å². The lowest BCUT2D eigenvalue weighted by Crippen LogP contribution is -2.20. The van der Waals surface area contributed by atoms with E-state index in [1.165, 1.54) is 25.7 Å². The fraction of sp³-hybridized carbons (Fsp3) is 0.500. The molecule has 116 valence electrons. The van der Waals surface area contributed by atoms with Gasteiger partial charge >= 0.3 is 0 Å². The summed E-state index contributed by atoms with van der Waals surface area (Å²) in [6, 6.07) is 3.69. The van der Waals surface area contributed by atoms with Crippen molar-refractivity contribution < 1.29 is 14.3 Å². The summed E-state index contributed by atoms with van der Waals surface area (Å²) < 4.78 is 11.5. The maximum atomic E-state index is 12.2. The van der Waals surface area contributed by atoms with Gasteiger partial charge in [-0.3, -0.25) is 4.79 Å². The minimum Gasteiger partial charge on any atom is -0.454 e. The molecule has 6 heteroatoms. The van der Waals surface area contributed by atoms with E-state index in [2.05, 4.69) is 26.5 Å². The quantitative estimate of drug-likeness (QED) is 0.662. The SMILES string of the molecule is O=C(NN=Cc1cc2c(cc1Br)OCO2)C1C2CCCCC21. The smallest absolute Gasteiger partial charge is 0.243 e. The number of halogens is 1. The van der Waals surface area contributed by atoms with E-state index in [9.17, 15) is 4.79 Å². The predicted octanol–water partition coefficient (Wildman–Crippen LogP) is 3.06. The largest absolute Gasteiger partial charge is 0.454 e. The number of rotatable bonds is 3. The molecule has 2 atom stereocenters. The molecule has 0 bridgehead atoms. The summed E-state index contributed by atoms with van der Waals surface area (Å²) in [5.74, 6) is 2.85. The number of hydrogen-bond acceptors (Lipinski definition) is 4. The third-order valence-electron chi connectivity index (χ3n) is 4.83. The number of carbonyl (C=O) groups excluding carboxylic acids is 1. The van der Waals surface area contributed by atoms with Gasteiger partial charge in [-0.05, 0) is 52.7 Å². The van der Waals surface area contributed by atoms with Gasteiger partial charge in [-0.1, -0.05) is 12.8 Å². The van der Waals surface area contributed by atoms with Gasteiger partial charge in [0.25, 0.3) is 0 Å². The minimum atomic E-state index is 0.0602. The summed E-state index contributed by atoms with van der Waals surface area (Å²) in [5.41, 5.74) is 3.53. The first kappa shape index (κ1) is 14.1. The van der Waals surface area contributed by atoms with Gasteiger partial charge in [0.2, 0.25) is 12.7 Å². The molecule has 0 saturated heterocycles.